The van der Waals surface area contributed by atoms with Crippen LogP contribution in [0.15, 0.2) is 0 Å². The Kier molecular flexibility index (Phi) is 7.70. The predicted octanol–water partition coefficient (Wildman–Crippen LogP) is 1.53. The Morgan fingerprint density at radius 1 is 1.50 bits per heavy atom. The van der Waals surface area contributed by atoms with Crippen molar-refractivity contribution in [3.63, 3.8) is 0 Å². The molecule has 0 aromatic rings. The summed E-state index contributed by atoms with van der Waals surface area (Å²) in [5.41, 5.74) is 5.58. The van der Waals surface area contributed by atoms with E-state index in [0.29, 0.717) is 30.9 Å². The van der Waals surface area contributed by atoms with E-state index in [1.54, 1.807) is 0 Å². The van der Waals surface area contributed by atoms with E-state index in [9.17, 15) is 4.79 Å². The number of amides is 1. The fourth-order valence-corrected chi connectivity index (χ4v) is 3.40. The number of thioether (sulfide) groups is 1. The van der Waals surface area contributed by atoms with Crippen LogP contribution in [0.5, 0.6) is 0 Å². The molecule has 3 atom stereocenters. The minimum atomic E-state index is -0.147. The first-order valence-electron chi connectivity index (χ1n) is 6.85. The lowest BCUT2D eigenvalue weighted by Crippen LogP contribution is -2.45. The fourth-order valence-electron chi connectivity index (χ4n) is 2.46. The van der Waals surface area contributed by atoms with Gasteiger partial charge in [0.15, 0.2) is 0 Å². The van der Waals surface area contributed by atoms with E-state index < -0.39 is 0 Å². The van der Waals surface area contributed by atoms with Crippen LogP contribution in [0.3, 0.4) is 0 Å². The molecule has 0 saturated heterocycles. The summed E-state index contributed by atoms with van der Waals surface area (Å²) in [4.78, 5) is 12.0. The van der Waals surface area contributed by atoms with Crippen LogP contribution < -0.4 is 11.1 Å². The summed E-state index contributed by atoms with van der Waals surface area (Å²) >= 11 is 1.86. The number of hydrogen-bond donors (Lipinski definition) is 2. The number of nitrogens with two attached hydrogens (primary N) is 1. The summed E-state index contributed by atoms with van der Waals surface area (Å²) in [5, 5.41) is 3.71. The highest BCUT2D eigenvalue weighted by atomic mass is 32.2. The van der Waals surface area contributed by atoms with E-state index >= 15 is 0 Å². The molecule has 1 aliphatic carbocycles. The molecule has 0 aromatic heterocycles. The molecule has 0 spiro atoms. The van der Waals surface area contributed by atoms with Crippen molar-refractivity contribution in [3.05, 3.63) is 0 Å². The largest absolute Gasteiger partial charge is 0.377 e. The molecule has 18 heavy (non-hydrogen) atoms. The molecule has 1 saturated carbocycles. The summed E-state index contributed by atoms with van der Waals surface area (Å²) in [7, 11) is 0. The third-order valence-electron chi connectivity index (χ3n) is 3.43. The zero-order valence-electron chi connectivity index (χ0n) is 11.5. The average molecular weight is 274 g/mol. The Bertz CT molecular complexity index is 251. The first-order chi connectivity index (χ1) is 8.71. The van der Waals surface area contributed by atoms with Crippen molar-refractivity contribution in [2.45, 2.75) is 56.4 Å². The van der Waals surface area contributed by atoms with E-state index in [4.69, 9.17) is 10.5 Å². The standard InChI is InChI=1S/C13H26N2O2S/c1-3-17-10(9-14)8-13(16)15-11-6-4-5-7-12(11)18-2/h10-12H,3-9,14H2,1-2H3,(H,15,16). The zero-order chi connectivity index (χ0) is 13.4. The molecule has 3 N–H and O–H groups in total. The fraction of sp³-hybridized carbons (Fsp3) is 0.923. The lowest BCUT2D eigenvalue weighted by Gasteiger charge is -2.31. The summed E-state index contributed by atoms with van der Waals surface area (Å²) in [6.07, 6.45) is 7.15. The van der Waals surface area contributed by atoms with Crippen LogP contribution >= 0.6 is 11.8 Å². The van der Waals surface area contributed by atoms with E-state index in [0.717, 1.165) is 6.42 Å². The lowest BCUT2D eigenvalue weighted by molar-refractivity contribution is -0.124. The monoisotopic (exact) mass is 274 g/mol. The Balaban J connectivity index is 2.37. The first-order valence-corrected chi connectivity index (χ1v) is 8.13. The minimum Gasteiger partial charge on any atom is -0.377 e. The summed E-state index contributed by atoms with van der Waals surface area (Å²) in [6.45, 7) is 2.93. The van der Waals surface area contributed by atoms with Gasteiger partial charge < -0.3 is 15.8 Å². The van der Waals surface area contributed by atoms with Gasteiger partial charge in [0, 0.05) is 24.4 Å². The van der Waals surface area contributed by atoms with Crippen molar-refractivity contribution in [1.29, 1.82) is 0 Å². The van der Waals surface area contributed by atoms with Gasteiger partial charge in [-0.3, -0.25) is 4.79 Å². The second kappa shape index (κ2) is 8.77. The van der Waals surface area contributed by atoms with Crippen molar-refractivity contribution in [2.24, 2.45) is 5.73 Å². The zero-order valence-corrected chi connectivity index (χ0v) is 12.3. The molecule has 3 unspecified atom stereocenters. The van der Waals surface area contributed by atoms with Gasteiger partial charge in [0.25, 0.3) is 0 Å². The first kappa shape index (κ1) is 15.8. The van der Waals surface area contributed by atoms with Crippen LogP contribution in [0.1, 0.15) is 39.0 Å². The van der Waals surface area contributed by atoms with Crippen molar-refractivity contribution in [2.75, 3.05) is 19.4 Å². The summed E-state index contributed by atoms with van der Waals surface area (Å²) < 4.78 is 5.41. The van der Waals surface area contributed by atoms with Gasteiger partial charge in [-0.25, -0.2) is 0 Å². The number of rotatable bonds is 7. The number of ether oxygens (including phenoxy) is 1. The smallest absolute Gasteiger partial charge is 0.222 e. The van der Waals surface area contributed by atoms with E-state index in [1.165, 1.54) is 19.3 Å². The maximum absolute atomic E-state index is 12.0. The van der Waals surface area contributed by atoms with Crippen LogP contribution in [0.2, 0.25) is 0 Å². The van der Waals surface area contributed by atoms with Gasteiger partial charge in [-0.15, -0.1) is 0 Å². The minimum absolute atomic E-state index is 0.0739. The maximum Gasteiger partial charge on any atom is 0.222 e. The van der Waals surface area contributed by atoms with Crippen molar-refractivity contribution in [1.82, 2.24) is 5.32 Å². The molecule has 0 radical (unpaired) electrons. The number of carbonyl (C=O) groups excluding carboxylic acids is 1. The molecule has 5 heteroatoms. The molecule has 0 aromatic carbocycles. The van der Waals surface area contributed by atoms with E-state index in [2.05, 4.69) is 11.6 Å². The normalized spacial score (nSPS) is 25.7. The molecule has 0 bridgehead atoms. The van der Waals surface area contributed by atoms with Gasteiger partial charge >= 0.3 is 0 Å². The van der Waals surface area contributed by atoms with Crippen LogP contribution in [-0.4, -0.2) is 42.7 Å². The highest BCUT2D eigenvalue weighted by Crippen LogP contribution is 2.27. The Morgan fingerprint density at radius 2 is 2.22 bits per heavy atom. The molecule has 1 fully saturated rings. The molecular formula is C13H26N2O2S. The van der Waals surface area contributed by atoms with Gasteiger partial charge in [0.2, 0.25) is 5.91 Å². The number of nitrogens with one attached hydrogen (secondary N) is 1. The second-order valence-electron chi connectivity index (χ2n) is 4.75. The second-order valence-corrected chi connectivity index (χ2v) is 5.83. The Morgan fingerprint density at radius 3 is 2.83 bits per heavy atom. The van der Waals surface area contributed by atoms with Gasteiger partial charge in [0.05, 0.1) is 12.5 Å². The lowest BCUT2D eigenvalue weighted by atomic mass is 9.94. The number of carbonyl (C=O) groups is 1. The molecule has 1 aliphatic rings. The van der Waals surface area contributed by atoms with Crippen molar-refractivity contribution >= 4 is 17.7 Å². The van der Waals surface area contributed by atoms with E-state index in [-0.39, 0.29) is 12.0 Å². The van der Waals surface area contributed by atoms with Crippen LogP contribution in [0, 0.1) is 0 Å². The molecule has 106 valence electrons. The van der Waals surface area contributed by atoms with Crippen molar-refractivity contribution in [3.8, 4) is 0 Å². The van der Waals surface area contributed by atoms with Crippen LogP contribution in [0.25, 0.3) is 0 Å². The highest BCUT2D eigenvalue weighted by Gasteiger charge is 2.26. The quantitative estimate of drug-likeness (QED) is 0.739. The van der Waals surface area contributed by atoms with Crippen LogP contribution in [0.4, 0.5) is 0 Å². The van der Waals surface area contributed by atoms with Gasteiger partial charge in [0.1, 0.15) is 0 Å². The molecule has 0 heterocycles. The van der Waals surface area contributed by atoms with Crippen molar-refractivity contribution < 1.29 is 9.53 Å². The predicted molar refractivity (Wildman–Crippen MR) is 76.8 cm³/mol. The Labute approximate surface area is 114 Å². The Hall–Kier alpha value is -0.260. The van der Waals surface area contributed by atoms with Gasteiger partial charge in [-0.2, -0.15) is 11.8 Å². The SMILES string of the molecule is CCOC(CN)CC(=O)NC1CCCCC1SC. The molecule has 0 aliphatic heterocycles. The van der Waals surface area contributed by atoms with Gasteiger partial charge in [-0.05, 0) is 26.0 Å². The van der Waals surface area contributed by atoms with E-state index in [1.807, 2.05) is 18.7 Å². The third kappa shape index (κ3) is 5.16. The molecule has 1 amide bonds. The number of hydrogen-bond acceptors (Lipinski definition) is 4. The molecule has 4 nitrogen and oxygen atoms in total. The average Bonchev–Trinajstić information content (AvgIpc) is 2.38. The summed E-state index contributed by atoms with van der Waals surface area (Å²) in [6, 6.07) is 0.321. The summed E-state index contributed by atoms with van der Waals surface area (Å²) in [5.74, 6) is 0.0739. The molecular weight excluding hydrogens is 248 g/mol. The van der Waals surface area contributed by atoms with Crippen LogP contribution in [-0.2, 0) is 9.53 Å². The highest BCUT2D eigenvalue weighted by molar-refractivity contribution is 7.99. The topological polar surface area (TPSA) is 64.3 Å². The maximum atomic E-state index is 12.0. The molecule has 1 rings (SSSR count). The third-order valence-corrected chi connectivity index (χ3v) is 4.60. The van der Waals surface area contributed by atoms with Gasteiger partial charge in [-0.1, -0.05) is 12.8 Å².